The Morgan fingerprint density at radius 1 is 1.06 bits per heavy atom. The second-order valence-electron chi connectivity index (χ2n) is 9.41. The van der Waals surface area contributed by atoms with Gasteiger partial charge in [0.2, 0.25) is 0 Å². The molecule has 0 spiro atoms. The standard InChI is InChI=1S/C27H31NO4/c1-28(19-5-3-2-4-6-19)13-14-31-21-9-11-22-18(15-21)7-12-26-27(22)24(17-32-26)23-10-8-20(29)16-25(23)30/h7,9,11-12,15,17,19,23H,2-6,8,10,13-14,16H2,1H3. The van der Waals surface area contributed by atoms with Crippen LogP contribution in [0.2, 0.25) is 0 Å². The first-order chi connectivity index (χ1) is 15.6. The van der Waals surface area contributed by atoms with Gasteiger partial charge in [0, 0.05) is 35.9 Å². The Balaban J connectivity index is 1.34. The van der Waals surface area contributed by atoms with Gasteiger partial charge >= 0.3 is 0 Å². The average molecular weight is 434 g/mol. The first kappa shape index (κ1) is 21.2. The molecule has 0 saturated heterocycles. The van der Waals surface area contributed by atoms with Crippen molar-refractivity contribution in [3.63, 3.8) is 0 Å². The van der Waals surface area contributed by atoms with Crippen LogP contribution in [0.4, 0.5) is 0 Å². The van der Waals surface area contributed by atoms with Crippen LogP contribution in [0.3, 0.4) is 0 Å². The molecule has 2 fully saturated rings. The molecule has 5 nitrogen and oxygen atoms in total. The Morgan fingerprint density at radius 3 is 2.72 bits per heavy atom. The number of ketones is 2. The molecule has 168 valence electrons. The van der Waals surface area contributed by atoms with Crippen LogP contribution in [0.15, 0.2) is 41.0 Å². The van der Waals surface area contributed by atoms with Gasteiger partial charge in [-0.05, 0) is 61.3 Å². The average Bonchev–Trinajstić information content (AvgIpc) is 3.24. The van der Waals surface area contributed by atoms with Crippen LogP contribution in [-0.4, -0.2) is 42.7 Å². The molecule has 5 heteroatoms. The molecule has 2 aromatic carbocycles. The number of hydrogen-bond donors (Lipinski definition) is 0. The number of furan rings is 1. The summed E-state index contributed by atoms with van der Waals surface area (Å²) in [5, 5.41) is 3.11. The molecule has 5 rings (SSSR count). The summed E-state index contributed by atoms with van der Waals surface area (Å²) in [6, 6.07) is 10.8. The van der Waals surface area contributed by atoms with Gasteiger partial charge in [0.1, 0.15) is 29.5 Å². The summed E-state index contributed by atoms with van der Waals surface area (Å²) in [5.74, 6) is 0.645. The van der Waals surface area contributed by atoms with Gasteiger partial charge in [0.25, 0.3) is 0 Å². The molecular weight excluding hydrogens is 402 g/mol. The predicted octanol–water partition coefficient (Wildman–Crippen LogP) is 5.64. The fourth-order valence-corrected chi connectivity index (χ4v) is 5.43. The van der Waals surface area contributed by atoms with Crippen molar-refractivity contribution in [1.29, 1.82) is 0 Å². The summed E-state index contributed by atoms with van der Waals surface area (Å²) in [7, 11) is 2.21. The highest BCUT2D eigenvalue weighted by atomic mass is 16.5. The summed E-state index contributed by atoms with van der Waals surface area (Å²) in [6.45, 7) is 1.60. The molecule has 2 aliphatic carbocycles. The van der Waals surface area contributed by atoms with Crippen molar-refractivity contribution >= 4 is 33.3 Å². The van der Waals surface area contributed by atoms with E-state index in [0.29, 0.717) is 25.5 Å². The zero-order chi connectivity index (χ0) is 22.1. The third-order valence-electron chi connectivity index (χ3n) is 7.31. The van der Waals surface area contributed by atoms with Crippen molar-refractivity contribution in [1.82, 2.24) is 4.90 Å². The Kier molecular flexibility index (Phi) is 6.01. The Hall–Kier alpha value is -2.66. The maximum atomic E-state index is 12.5. The summed E-state index contributed by atoms with van der Waals surface area (Å²) in [5.41, 5.74) is 1.69. The van der Waals surface area contributed by atoms with Crippen LogP contribution in [0, 0.1) is 0 Å². The monoisotopic (exact) mass is 433 g/mol. The predicted molar refractivity (Wildman–Crippen MR) is 125 cm³/mol. The zero-order valence-corrected chi connectivity index (χ0v) is 18.8. The lowest BCUT2D eigenvalue weighted by atomic mass is 9.81. The normalized spacial score (nSPS) is 20.5. The molecule has 0 amide bonds. The highest BCUT2D eigenvalue weighted by Crippen LogP contribution is 2.39. The van der Waals surface area contributed by atoms with Crippen LogP contribution >= 0.6 is 0 Å². The minimum atomic E-state index is -0.259. The Morgan fingerprint density at radius 2 is 1.91 bits per heavy atom. The van der Waals surface area contributed by atoms with E-state index in [2.05, 4.69) is 24.1 Å². The number of hydrogen-bond acceptors (Lipinski definition) is 5. The summed E-state index contributed by atoms with van der Waals surface area (Å²) < 4.78 is 11.9. The number of carbonyl (C=O) groups is 2. The smallest absolute Gasteiger partial charge is 0.147 e. The number of rotatable bonds is 6. The van der Waals surface area contributed by atoms with Crippen LogP contribution in [0.5, 0.6) is 5.75 Å². The van der Waals surface area contributed by atoms with E-state index in [0.717, 1.165) is 39.6 Å². The van der Waals surface area contributed by atoms with Crippen molar-refractivity contribution in [2.75, 3.05) is 20.2 Å². The molecule has 0 N–H and O–H groups in total. The molecule has 2 aliphatic rings. The second-order valence-corrected chi connectivity index (χ2v) is 9.41. The van der Waals surface area contributed by atoms with Gasteiger partial charge in [-0.1, -0.05) is 25.3 Å². The van der Waals surface area contributed by atoms with Gasteiger partial charge in [-0.3, -0.25) is 9.59 Å². The summed E-state index contributed by atoms with van der Waals surface area (Å²) in [6.07, 6.45) is 9.42. The molecular formula is C27H31NO4. The number of likely N-dealkylation sites (N-methyl/N-ethyl adjacent to an activating group) is 1. The van der Waals surface area contributed by atoms with E-state index in [-0.39, 0.29) is 23.9 Å². The van der Waals surface area contributed by atoms with Gasteiger partial charge in [-0.2, -0.15) is 0 Å². The first-order valence-electron chi connectivity index (χ1n) is 11.9. The minimum Gasteiger partial charge on any atom is -0.492 e. The lowest BCUT2D eigenvalue weighted by Gasteiger charge is -2.31. The van der Waals surface area contributed by atoms with Crippen molar-refractivity contribution in [2.24, 2.45) is 0 Å². The van der Waals surface area contributed by atoms with Crippen molar-refractivity contribution in [3.05, 3.63) is 42.2 Å². The SMILES string of the molecule is CN(CCOc1ccc2c(ccc3occ(C4CCC(=O)CC4=O)c32)c1)C1CCCCC1. The zero-order valence-electron chi connectivity index (χ0n) is 18.8. The molecule has 1 heterocycles. The van der Waals surface area contributed by atoms with E-state index < -0.39 is 0 Å². The van der Waals surface area contributed by atoms with Crippen molar-refractivity contribution in [2.45, 2.75) is 63.3 Å². The van der Waals surface area contributed by atoms with E-state index in [1.807, 2.05) is 18.2 Å². The molecule has 0 radical (unpaired) electrons. The minimum absolute atomic E-state index is 0.00277. The van der Waals surface area contributed by atoms with Crippen LogP contribution in [0.25, 0.3) is 21.7 Å². The third-order valence-corrected chi connectivity index (χ3v) is 7.31. The Labute approximate surface area is 188 Å². The highest BCUT2D eigenvalue weighted by Gasteiger charge is 2.31. The number of nitrogens with zero attached hydrogens (tertiary/aromatic N) is 1. The van der Waals surface area contributed by atoms with Gasteiger partial charge in [-0.15, -0.1) is 0 Å². The van der Waals surface area contributed by atoms with E-state index in [1.165, 1.54) is 32.1 Å². The van der Waals surface area contributed by atoms with E-state index in [4.69, 9.17) is 9.15 Å². The van der Waals surface area contributed by atoms with Gasteiger partial charge in [0.15, 0.2) is 0 Å². The number of benzene rings is 2. The fourth-order valence-electron chi connectivity index (χ4n) is 5.43. The first-order valence-corrected chi connectivity index (χ1v) is 11.9. The van der Waals surface area contributed by atoms with Crippen molar-refractivity contribution in [3.8, 4) is 5.75 Å². The number of fused-ring (bicyclic) bond motifs is 3. The van der Waals surface area contributed by atoms with Crippen LogP contribution in [-0.2, 0) is 9.59 Å². The largest absolute Gasteiger partial charge is 0.492 e. The fraction of sp³-hybridized carbons (Fsp3) is 0.481. The molecule has 0 aliphatic heterocycles. The number of carbonyl (C=O) groups excluding carboxylic acids is 2. The molecule has 32 heavy (non-hydrogen) atoms. The summed E-state index contributed by atoms with van der Waals surface area (Å²) in [4.78, 5) is 26.6. The topological polar surface area (TPSA) is 59.8 Å². The molecule has 1 aromatic heterocycles. The van der Waals surface area contributed by atoms with Crippen LogP contribution in [0.1, 0.15) is 62.8 Å². The maximum absolute atomic E-state index is 12.5. The third kappa shape index (κ3) is 4.18. The molecule has 2 saturated carbocycles. The van der Waals surface area contributed by atoms with Gasteiger partial charge < -0.3 is 14.1 Å². The summed E-state index contributed by atoms with van der Waals surface area (Å²) >= 11 is 0. The highest BCUT2D eigenvalue weighted by molar-refractivity contribution is 6.11. The van der Waals surface area contributed by atoms with Crippen molar-refractivity contribution < 1.29 is 18.7 Å². The Bertz CT molecular complexity index is 1140. The van der Waals surface area contributed by atoms with E-state index >= 15 is 0 Å². The van der Waals surface area contributed by atoms with Gasteiger partial charge in [0.05, 0.1) is 12.7 Å². The molecule has 0 bridgehead atoms. The molecule has 3 aromatic rings. The molecule has 1 unspecified atom stereocenters. The van der Waals surface area contributed by atoms with E-state index in [9.17, 15) is 9.59 Å². The molecule has 1 atom stereocenters. The lowest BCUT2D eigenvalue weighted by molar-refractivity contribution is -0.130. The van der Waals surface area contributed by atoms with Crippen LogP contribution < -0.4 is 4.74 Å². The second kappa shape index (κ2) is 9.07. The number of ether oxygens (including phenoxy) is 1. The lowest BCUT2D eigenvalue weighted by Crippen LogP contribution is -2.36. The maximum Gasteiger partial charge on any atom is 0.147 e. The number of Topliss-reactive ketones (excluding diaryl/α,β-unsaturated/α-hetero) is 2. The van der Waals surface area contributed by atoms with E-state index in [1.54, 1.807) is 6.26 Å². The quantitative estimate of drug-likeness (QED) is 0.471. The van der Waals surface area contributed by atoms with Gasteiger partial charge in [-0.25, -0.2) is 0 Å².